The van der Waals surface area contributed by atoms with Crippen molar-refractivity contribution in [2.24, 2.45) is 16.2 Å². The van der Waals surface area contributed by atoms with E-state index in [0.717, 1.165) is 18.5 Å². The number of pyridine rings is 1. The van der Waals surface area contributed by atoms with Gasteiger partial charge >= 0.3 is 0 Å². The van der Waals surface area contributed by atoms with E-state index in [0.29, 0.717) is 6.42 Å². The Morgan fingerprint density at radius 3 is 2.35 bits per heavy atom. The standard InChI is InChI=1S/C16H20N2O2/c1-14(2)15(3)6-7-16(14,10-12(15)19)13(20)18-11-4-8-17-9-5-11/h4-5,8-9H,6-7,10H2,1-3H3,(H,17,18,20). The molecule has 3 rings (SSSR count). The van der Waals surface area contributed by atoms with Crippen molar-refractivity contribution in [2.45, 2.75) is 40.0 Å². The number of carbonyl (C=O) groups is 2. The molecular formula is C16H20N2O2. The molecule has 2 aliphatic rings. The number of fused-ring (bicyclic) bond motifs is 2. The quantitative estimate of drug-likeness (QED) is 0.900. The van der Waals surface area contributed by atoms with Crippen LogP contribution in [-0.2, 0) is 9.59 Å². The van der Waals surface area contributed by atoms with E-state index in [2.05, 4.69) is 24.1 Å². The van der Waals surface area contributed by atoms with Gasteiger partial charge in [-0.2, -0.15) is 0 Å². The zero-order chi connectivity index (χ0) is 14.6. The number of carbonyl (C=O) groups excluding carboxylic acids is 2. The molecule has 1 heterocycles. The van der Waals surface area contributed by atoms with Crippen molar-refractivity contribution in [2.75, 3.05) is 5.32 Å². The summed E-state index contributed by atoms with van der Waals surface area (Å²) in [6, 6.07) is 3.54. The van der Waals surface area contributed by atoms with Gasteiger partial charge in [0.2, 0.25) is 5.91 Å². The lowest BCUT2D eigenvalue weighted by molar-refractivity contribution is -0.131. The fourth-order valence-corrected chi connectivity index (χ4v) is 4.05. The van der Waals surface area contributed by atoms with Crippen molar-refractivity contribution >= 4 is 17.4 Å². The number of amides is 1. The van der Waals surface area contributed by atoms with Crippen molar-refractivity contribution in [1.29, 1.82) is 0 Å². The maximum absolute atomic E-state index is 12.8. The van der Waals surface area contributed by atoms with E-state index in [1.54, 1.807) is 24.5 Å². The molecule has 1 N–H and O–H groups in total. The maximum Gasteiger partial charge on any atom is 0.231 e. The minimum atomic E-state index is -0.567. The van der Waals surface area contributed by atoms with E-state index in [9.17, 15) is 9.59 Å². The van der Waals surface area contributed by atoms with Gasteiger partial charge in [0, 0.05) is 29.9 Å². The number of aromatic nitrogens is 1. The zero-order valence-electron chi connectivity index (χ0n) is 12.2. The summed E-state index contributed by atoms with van der Waals surface area (Å²) in [6.07, 6.45) is 5.27. The number of rotatable bonds is 2. The first-order valence-corrected chi connectivity index (χ1v) is 7.08. The largest absolute Gasteiger partial charge is 0.325 e. The van der Waals surface area contributed by atoms with Gasteiger partial charge in [-0.3, -0.25) is 14.6 Å². The molecule has 0 aliphatic heterocycles. The molecule has 1 aromatic heterocycles. The zero-order valence-corrected chi connectivity index (χ0v) is 12.2. The van der Waals surface area contributed by atoms with Crippen LogP contribution in [0.2, 0.25) is 0 Å². The number of hydrogen-bond donors (Lipinski definition) is 1. The lowest BCUT2D eigenvalue weighted by Crippen LogP contribution is -2.43. The molecule has 106 valence electrons. The fraction of sp³-hybridized carbons (Fsp3) is 0.562. The van der Waals surface area contributed by atoms with Crippen LogP contribution in [-0.4, -0.2) is 16.7 Å². The third-order valence-corrected chi connectivity index (χ3v) is 6.08. The van der Waals surface area contributed by atoms with Gasteiger partial charge in [0.1, 0.15) is 5.78 Å². The fourth-order valence-electron chi connectivity index (χ4n) is 4.05. The number of anilines is 1. The van der Waals surface area contributed by atoms with Crippen LogP contribution in [0, 0.1) is 16.2 Å². The summed E-state index contributed by atoms with van der Waals surface area (Å²) in [5.41, 5.74) is -0.484. The van der Waals surface area contributed by atoms with Gasteiger partial charge in [0.05, 0.1) is 5.41 Å². The molecule has 0 saturated heterocycles. The predicted molar refractivity (Wildman–Crippen MR) is 76.0 cm³/mol. The summed E-state index contributed by atoms with van der Waals surface area (Å²) in [5, 5.41) is 2.96. The first kappa shape index (κ1) is 13.3. The van der Waals surface area contributed by atoms with E-state index >= 15 is 0 Å². The van der Waals surface area contributed by atoms with E-state index in [4.69, 9.17) is 0 Å². The summed E-state index contributed by atoms with van der Waals surface area (Å²) in [6.45, 7) is 6.15. The molecule has 0 radical (unpaired) electrons. The number of nitrogens with zero attached hydrogens (tertiary/aromatic N) is 1. The van der Waals surface area contributed by atoms with Crippen LogP contribution in [0.1, 0.15) is 40.0 Å². The monoisotopic (exact) mass is 272 g/mol. The third kappa shape index (κ3) is 1.39. The van der Waals surface area contributed by atoms with Gasteiger partial charge in [0.15, 0.2) is 0 Å². The first-order chi connectivity index (χ1) is 9.33. The maximum atomic E-state index is 12.8. The van der Waals surface area contributed by atoms with Crippen molar-refractivity contribution in [3.63, 3.8) is 0 Å². The van der Waals surface area contributed by atoms with Crippen molar-refractivity contribution in [3.05, 3.63) is 24.5 Å². The Balaban J connectivity index is 1.94. The summed E-state index contributed by atoms with van der Waals surface area (Å²) < 4.78 is 0. The Kier molecular flexibility index (Phi) is 2.59. The molecule has 1 aromatic rings. The molecule has 0 aromatic carbocycles. The molecule has 4 heteroatoms. The lowest BCUT2D eigenvalue weighted by atomic mass is 9.64. The van der Waals surface area contributed by atoms with Crippen LogP contribution >= 0.6 is 0 Å². The Labute approximate surface area is 119 Å². The Bertz CT molecular complexity index is 581. The Morgan fingerprint density at radius 1 is 1.20 bits per heavy atom. The molecule has 2 bridgehead atoms. The van der Waals surface area contributed by atoms with E-state index in [-0.39, 0.29) is 22.5 Å². The summed E-state index contributed by atoms with van der Waals surface area (Å²) >= 11 is 0. The van der Waals surface area contributed by atoms with Crippen LogP contribution in [0.5, 0.6) is 0 Å². The van der Waals surface area contributed by atoms with E-state index in [1.807, 2.05) is 6.92 Å². The average molecular weight is 272 g/mol. The normalized spacial score (nSPS) is 34.2. The highest BCUT2D eigenvalue weighted by Gasteiger charge is 2.72. The van der Waals surface area contributed by atoms with E-state index in [1.165, 1.54) is 0 Å². The van der Waals surface area contributed by atoms with Gasteiger partial charge in [-0.15, -0.1) is 0 Å². The van der Waals surface area contributed by atoms with Crippen LogP contribution < -0.4 is 5.32 Å². The van der Waals surface area contributed by atoms with Crippen molar-refractivity contribution in [3.8, 4) is 0 Å². The molecule has 2 unspecified atom stereocenters. The van der Waals surface area contributed by atoms with Gasteiger partial charge in [0.25, 0.3) is 0 Å². The SMILES string of the molecule is CC12CCC(C(=O)Nc3ccncc3)(CC1=O)C2(C)C. The average Bonchev–Trinajstić information content (AvgIpc) is 2.70. The number of Topliss-reactive ketones (excluding diaryl/α,β-unsaturated/α-hetero) is 1. The molecular weight excluding hydrogens is 252 g/mol. The van der Waals surface area contributed by atoms with Gasteiger partial charge in [-0.1, -0.05) is 20.8 Å². The Morgan fingerprint density at radius 2 is 1.85 bits per heavy atom. The molecule has 1 amide bonds. The summed E-state index contributed by atoms with van der Waals surface area (Å²) in [5.74, 6) is 0.210. The molecule has 0 spiro atoms. The van der Waals surface area contributed by atoms with Crippen LogP contribution in [0.25, 0.3) is 0 Å². The first-order valence-electron chi connectivity index (χ1n) is 7.08. The minimum Gasteiger partial charge on any atom is -0.325 e. The lowest BCUT2D eigenvalue weighted by Gasteiger charge is -2.38. The molecule has 4 nitrogen and oxygen atoms in total. The topological polar surface area (TPSA) is 59.1 Å². The Hall–Kier alpha value is -1.71. The molecule has 2 aliphatic carbocycles. The van der Waals surface area contributed by atoms with Gasteiger partial charge in [-0.25, -0.2) is 0 Å². The van der Waals surface area contributed by atoms with Crippen molar-refractivity contribution < 1.29 is 9.59 Å². The summed E-state index contributed by atoms with van der Waals surface area (Å²) in [7, 11) is 0. The smallest absolute Gasteiger partial charge is 0.231 e. The van der Waals surface area contributed by atoms with Crippen molar-refractivity contribution in [1.82, 2.24) is 4.98 Å². The number of nitrogens with one attached hydrogen (secondary N) is 1. The number of ketones is 1. The minimum absolute atomic E-state index is 0.0247. The summed E-state index contributed by atoms with van der Waals surface area (Å²) in [4.78, 5) is 29.1. The van der Waals surface area contributed by atoms with Crippen LogP contribution in [0.15, 0.2) is 24.5 Å². The second-order valence-corrected chi connectivity index (χ2v) is 6.83. The number of hydrogen-bond acceptors (Lipinski definition) is 3. The van der Waals surface area contributed by atoms with Crippen LogP contribution in [0.3, 0.4) is 0 Å². The third-order valence-electron chi connectivity index (χ3n) is 6.08. The molecule has 2 saturated carbocycles. The second-order valence-electron chi connectivity index (χ2n) is 6.83. The molecule has 2 fully saturated rings. The van der Waals surface area contributed by atoms with Crippen LogP contribution in [0.4, 0.5) is 5.69 Å². The predicted octanol–water partition coefficient (Wildman–Crippen LogP) is 2.81. The highest BCUT2D eigenvalue weighted by Crippen LogP contribution is 2.70. The molecule has 2 atom stereocenters. The van der Waals surface area contributed by atoms with E-state index < -0.39 is 5.41 Å². The van der Waals surface area contributed by atoms with Gasteiger partial charge in [-0.05, 0) is 30.4 Å². The highest BCUT2D eigenvalue weighted by atomic mass is 16.2. The highest BCUT2D eigenvalue weighted by molar-refractivity contribution is 6.04. The second kappa shape index (κ2) is 3.90. The molecule has 20 heavy (non-hydrogen) atoms. The van der Waals surface area contributed by atoms with Gasteiger partial charge < -0.3 is 5.32 Å².